The van der Waals surface area contributed by atoms with Crippen molar-refractivity contribution >= 4 is 22.6 Å². The minimum Gasteiger partial charge on any atom is -0.451 e. The molecule has 0 aliphatic heterocycles. The van der Waals surface area contributed by atoms with Gasteiger partial charge < -0.3 is 9.73 Å². The van der Waals surface area contributed by atoms with Crippen LogP contribution in [0.5, 0.6) is 0 Å². The lowest BCUT2D eigenvalue weighted by atomic mass is 10.1. The zero-order valence-electron chi connectivity index (χ0n) is 14.2. The zero-order valence-corrected chi connectivity index (χ0v) is 14.2. The van der Waals surface area contributed by atoms with Crippen LogP contribution in [0.25, 0.3) is 11.0 Å². The lowest BCUT2D eigenvalue weighted by Crippen LogP contribution is -2.15. The van der Waals surface area contributed by atoms with Gasteiger partial charge >= 0.3 is 0 Å². The summed E-state index contributed by atoms with van der Waals surface area (Å²) >= 11 is 0. The van der Waals surface area contributed by atoms with Crippen LogP contribution in [0.1, 0.15) is 32.8 Å². The second-order valence-electron chi connectivity index (χ2n) is 6.18. The molecule has 0 fully saturated rings. The Kier molecular flexibility index (Phi) is 3.97. The van der Waals surface area contributed by atoms with Gasteiger partial charge in [-0.1, -0.05) is 17.7 Å². The van der Waals surface area contributed by atoms with Crippen LogP contribution < -0.4 is 10.7 Å². The molecule has 3 rings (SSSR count). The van der Waals surface area contributed by atoms with E-state index < -0.39 is 5.91 Å². The lowest BCUT2D eigenvalue weighted by molar-refractivity contribution is 0.0997. The average molecular weight is 321 g/mol. The first-order chi connectivity index (χ1) is 11.3. The maximum atomic E-state index is 12.5. The molecule has 0 saturated carbocycles. The maximum Gasteiger partial charge on any atom is 0.291 e. The lowest BCUT2D eigenvalue weighted by Gasteiger charge is -2.09. The van der Waals surface area contributed by atoms with Crippen LogP contribution >= 0.6 is 0 Å². The number of rotatable bonds is 2. The van der Waals surface area contributed by atoms with E-state index in [4.69, 9.17) is 4.42 Å². The van der Waals surface area contributed by atoms with Crippen LogP contribution in [-0.2, 0) is 0 Å². The molecule has 0 unspecified atom stereocenters. The second kappa shape index (κ2) is 5.96. The molecule has 4 heteroatoms. The van der Waals surface area contributed by atoms with E-state index >= 15 is 0 Å². The number of fused-ring (bicyclic) bond motifs is 1. The van der Waals surface area contributed by atoms with Crippen molar-refractivity contribution in [2.24, 2.45) is 0 Å². The van der Waals surface area contributed by atoms with Crippen molar-refractivity contribution in [3.05, 3.63) is 74.6 Å². The molecule has 1 heterocycles. The van der Waals surface area contributed by atoms with E-state index in [0.717, 1.165) is 22.3 Å². The van der Waals surface area contributed by atoms with Crippen molar-refractivity contribution in [1.29, 1.82) is 0 Å². The molecule has 0 radical (unpaired) electrons. The van der Waals surface area contributed by atoms with E-state index in [1.807, 2.05) is 45.9 Å². The van der Waals surface area contributed by atoms with Crippen molar-refractivity contribution in [2.75, 3.05) is 5.32 Å². The van der Waals surface area contributed by atoms with Crippen molar-refractivity contribution < 1.29 is 9.21 Å². The molecule has 0 saturated heterocycles. The van der Waals surface area contributed by atoms with Crippen LogP contribution in [0, 0.1) is 27.7 Å². The Morgan fingerprint density at radius 1 is 0.917 bits per heavy atom. The number of benzene rings is 2. The summed E-state index contributed by atoms with van der Waals surface area (Å²) in [6, 6.07) is 10.6. The Morgan fingerprint density at radius 2 is 1.62 bits per heavy atom. The molecule has 1 aromatic heterocycles. The largest absolute Gasteiger partial charge is 0.451 e. The predicted molar refractivity (Wildman–Crippen MR) is 95.8 cm³/mol. The summed E-state index contributed by atoms with van der Waals surface area (Å²) in [7, 11) is 0. The van der Waals surface area contributed by atoms with E-state index in [1.165, 1.54) is 6.07 Å². The Labute approximate surface area is 140 Å². The molecule has 2 aromatic carbocycles. The van der Waals surface area contributed by atoms with Crippen LogP contribution in [0.2, 0.25) is 0 Å². The fourth-order valence-electron chi connectivity index (χ4n) is 2.66. The third-order valence-corrected chi connectivity index (χ3v) is 4.20. The highest BCUT2D eigenvalue weighted by atomic mass is 16.3. The molecule has 1 amide bonds. The first-order valence-corrected chi connectivity index (χ1v) is 7.79. The van der Waals surface area contributed by atoms with Gasteiger partial charge in [0.1, 0.15) is 5.58 Å². The van der Waals surface area contributed by atoms with Crippen LogP contribution in [0.4, 0.5) is 5.69 Å². The van der Waals surface area contributed by atoms with Gasteiger partial charge in [0, 0.05) is 11.8 Å². The third-order valence-electron chi connectivity index (χ3n) is 4.20. The van der Waals surface area contributed by atoms with E-state index in [9.17, 15) is 9.59 Å². The Hall–Kier alpha value is -2.88. The molecule has 0 spiro atoms. The monoisotopic (exact) mass is 321 g/mol. The summed E-state index contributed by atoms with van der Waals surface area (Å²) in [5.74, 6) is -0.421. The SMILES string of the molecule is Cc1ccc(NC(=O)c2cc(=O)c3cc(C)c(C)cc3o2)c(C)c1. The average Bonchev–Trinajstić information content (AvgIpc) is 2.51. The predicted octanol–water partition coefficient (Wildman–Crippen LogP) is 4.28. The molecule has 122 valence electrons. The quantitative estimate of drug-likeness (QED) is 0.766. The highest BCUT2D eigenvalue weighted by Gasteiger charge is 2.14. The Balaban J connectivity index is 2.01. The van der Waals surface area contributed by atoms with Crippen molar-refractivity contribution in [3.63, 3.8) is 0 Å². The molecule has 0 bridgehead atoms. The van der Waals surface area contributed by atoms with Gasteiger partial charge in [0.05, 0.1) is 5.39 Å². The van der Waals surface area contributed by atoms with Gasteiger partial charge in [0.25, 0.3) is 5.91 Å². The van der Waals surface area contributed by atoms with Crippen molar-refractivity contribution in [1.82, 2.24) is 0 Å². The summed E-state index contributed by atoms with van der Waals surface area (Å²) < 4.78 is 5.66. The van der Waals surface area contributed by atoms with Gasteiger partial charge in [0.15, 0.2) is 11.2 Å². The third kappa shape index (κ3) is 2.95. The van der Waals surface area contributed by atoms with Crippen molar-refractivity contribution in [2.45, 2.75) is 27.7 Å². The summed E-state index contributed by atoms with van der Waals surface area (Å²) in [6.45, 7) is 7.79. The summed E-state index contributed by atoms with van der Waals surface area (Å²) in [5, 5.41) is 3.29. The topological polar surface area (TPSA) is 59.3 Å². The van der Waals surface area contributed by atoms with E-state index in [-0.39, 0.29) is 11.2 Å². The fraction of sp³-hybridized carbons (Fsp3) is 0.200. The molecule has 0 atom stereocenters. The minimum atomic E-state index is -0.431. The van der Waals surface area contributed by atoms with E-state index in [1.54, 1.807) is 12.1 Å². The van der Waals surface area contributed by atoms with Crippen LogP contribution in [-0.4, -0.2) is 5.91 Å². The van der Waals surface area contributed by atoms with Gasteiger partial charge in [-0.05, 0) is 62.6 Å². The highest BCUT2D eigenvalue weighted by Crippen LogP contribution is 2.20. The standard InChI is InChI=1S/C20H19NO3/c1-11-5-6-16(14(4)7-11)21-20(23)19-10-17(22)15-8-12(2)13(3)9-18(15)24-19/h5-10H,1-4H3,(H,21,23). The number of carbonyl (C=O) groups is 1. The number of hydrogen-bond donors (Lipinski definition) is 1. The number of hydrogen-bond acceptors (Lipinski definition) is 3. The number of anilines is 1. The maximum absolute atomic E-state index is 12.5. The molecular weight excluding hydrogens is 302 g/mol. The Morgan fingerprint density at radius 3 is 2.33 bits per heavy atom. The smallest absolute Gasteiger partial charge is 0.291 e. The number of nitrogens with one attached hydrogen (secondary N) is 1. The first kappa shape index (κ1) is 16.0. The van der Waals surface area contributed by atoms with E-state index in [2.05, 4.69) is 5.32 Å². The number of aryl methyl sites for hydroxylation is 4. The number of amides is 1. The van der Waals surface area contributed by atoms with Crippen LogP contribution in [0.15, 0.2) is 45.6 Å². The van der Waals surface area contributed by atoms with Gasteiger partial charge in [-0.15, -0.1) is 0 Å². The Bertz CT molecular complexity index is 1020. The molecule has 24 heavy (non-hydrogen) atoms. The molecule has 1 N–H and O–H groups in total. The van der Waals surface area contributed by atoms with Gasteiger partial charge in [-0.3, -0.25) is 9.59 Å². The summed E-state index contributed by atoms with van der Waals surface area (Å²) in [5.41, 5.74) is 5.02. The second-order valence-corrected chi connectivity index (χ2v) is 6.18. The normalized spacial score (nSPS) is 10.8. The van der Waals surface area contributed by atoms with Crippen molar-refractivity contribution in [3.8, 4) is 0 Å². The zero-order chi connectivity index (χ0) is 17.4. The van der Waals surface area contributed by atoms with Gasteiger partial charge in [0.2, 0.25) is 0 Å². The van der Waals surface area contributed by atoms with Gasteiger partial charge in [-0.25, -0.2) is 0 Å². The van der Waals surface area contributed by atoms with Gasteiger partial charge in [-0.2, -0.15) is 0 Å². The molecular formula is C20H19NO3. The minimum absolute atomic E-state index is 0.00993. The van der Waals surface area contributed by atoms with E-state index in [0.29, 0.717) is 16.7 Å². The molecule has 0 aliphatic rings. The highest BCUT2D eigenvalue weighted by molar-refractivity contribution is 6.03. The summed E-state index contributed by atoms with van der Waals surface area (Å²) in [4.78, 5) is 24.7. The fourth-order valence-corrected chi connectivity index (χ4v) is 2.66. The summed E-state index contributed by atoms with van der Waals surface area (Å²) in [6.07, 6.45) is 0. The molecule has 4 nitrogen and oxygen atoms in total. The molecule has 3 aromatic rings. The molecule has 0 aliphatic carbocycles. The van der Waals surface area contributed by atoms with Crippen LogP contribution in [0.3, 0.4) is 0 Å². The first-order valence-electron chi connectivity index (χ1n) is 7.79. The number of carbonyl (C=O) groups excluding carboxylic acids is 1.